The highest BCUT2D eigenvalue weighted by Gasteiger charge is 2.43. The van der Waals surface area contributed by atoms with Crippen molar-refractivity contribution in [1.29, 1.82) is 0 Å². The van der Waals surface area contributed by atoms with Crippen LogP contribution < -0.4 is 0 Å². The first-order chi connectivity index (χ1) is 18.6. The van der Waals surface area contributed by atoms with Crippen LogP contribution in [0.4, 0.5) is 57.1 Å². The van der Waals surface area contributed by atoms with Crippen LogP contribution in [0.2, 0.25) is 0 Å². The second-order valence-corrected chi connectivity index (χ2v) is 8.48. The van der Waals surface area contributed by atoms with Crippen molar-refractivity contribution in [2.75, 3.05) is 0 Å². The van der Waals surface area contributed by atoms with E-state index in [-0.39, 0.29) is 0 Å². The van der Waals surface area contributed by atoms with Crippen LogP contribution in [0.15, 0.2) is 42.5 Å². The van der Waals surface area contributed by atoms with Crippen molar-refractivity contribution >= 4 is 21.5 Å². The highest BCUT2D eigenvalue weighted by atomic mass is 19.4. The van der Waals surface area contributed by atoms with Gasteiger partial charge in [-0.2, -0.15) is 13.2 Å². The van der Waals surface area contributed by atoms with Crippen molar-refractivity contribution in [3.8, 4) is 22.3 Å². The maximum atomic E-state index is 15.3. The minimum absolute atomic E-state index is 0.320. The Morgan fingerprint density at radius 1 is 0.425 bits per heavy atom. The molecule has 0 nitrogen and oxygen atoms in total. The molecule has 0 bridgehead atoms. The maximum absolute atomic E-state index is 15.3. The lowest BCUT2D eigenvalue weighted by molar-refractivity contribution is -0.143. The van der Waals surface area contributed by atoms with Gasteiger partial charge in [-0.15, -0.1) is 0 Å². The molecule has 0 aliphatic rings. The summed E-state index contributed by atoms with van der Waals surface area (Å²) in [6.07, 6.45) is -5.92. The van der Waals surface area contributed by atoms with E-state index in [0.717, 1.165) is 0 Å². The topological polar surface area (TPSA) is 0 Å². The molecular weight excluding hydrogens is 571 g/mol. The Hall–Kier alpha value is -4.29. The van der Waals surface area contributed by atoms with E-state index >= 15 is 17.6 Å². The van der Waals surface area contributed by atoms with Crippen molar-refractivity contribution < 1.29 is 57.1 Å². The van der Waals surface area contributed by atoms with Crippen molar-refractivity contribution in [2.45, 2.75) is 6.18 Å². The van der Waals surface area contributed by atoms with E-state index in [9.17, 15) is 39.5 Å². The third kappa shape index (κ3) is 3.94. The SMILES string of the molecule is Fc1ccc2c(-c3c(F)c(F)c(C(F)(F)F)c(F)c3F)c3c(F)ccc(F)c3c(-c3cc(F)c(F)c(F)c3)c2c1. The average Bonchev–Trinajstić information content (AvgIpc) is 2.86. The van der Waals surface area contributed by atoms with Crippen LogP contribution in [0.3, 0.4) is 0 Å². The molecule has 206 valence electrons. The molecule has 0 saturated carbocycles. The van der Waals surface area contributed by atoms with E-state index < -0.39 is 114 Å². The Labute approximate surface area is 213 Å². The van der Waals surface area contributed by atoms with Gasteiger partial charge >= 0.3 is 6.18 Å². The number of fused-ring (bicyclic) bond motifs is 2. The van der Waals surface area contributed by atoms with Gasteiger partial charge in [0.25, 0.3) is 0 Å². The van der Waals surface area contributed by atoms with Crippen molar-refractivity contribution in [2.24, 2.45) is 0 Å². The number of benzene rings is 5. The van der Waals surface area contributed by atoms with E-state index in [1.165, 1.54) is 0 Å². The van der Waals surface area contributed by atoms with Crippen LogP contribution in [0, 0.1) is 58.2 Å². The largest absolute Gasteiger partial charge is 0.422 e. The summed E-state index contributed by atoms with van der Waals surface area (Å²) in [5.41, 5.74) is -7.55. The minimum atomic E-state index is -5.92. The summed E-state index contributed by atoms with van der Waals surface area (Å²) in [6, 6.07) is 3.24. The predicted molar refractivity (Wildman–Crippen MR) is 117 cm³/mol. The molecule has 0 radical (unpaired) electrons. The summed E-state index contributed by atoms with van der Waals surface area (Å²) in [4.78, 5) is 0. The smallest absolute Gasteiger partial charge is 0.207 e. The summed E-state index contributed by atoms with van der Waals surface area (Å²) >= 11 is 0. The lowest BCUT2D eigenvalue weighted by atomic mass is 9.84. The van der Waals surface area contributed by atoms with Gasteiger partial charge in [-0.05, 0) is 52.7 Å². The average molecular weight is 578 g/mol. The van der Waals surface area contributed by atoms with Gasteiger partial charge in [-0.25, -0.2) is 43.9 Å². The van der Waals surface area contributed by atoms with Gasteiger partial charge in [0.15, 0.2) is 40.7 Å². The van der Waals surface area contributed by atoms with Gasteiger partial charge in [0, 0.05) is 21.9 Å². The van der Waals surface area contributed by atoms with Crippen molar-refractivity contribution in [3.63, 3.8) is 0 Å². The Kier molecular flexibility index (Phi) is 6.23. The molecule has 5 aromatic rings. The molecule has 5 rings (SSSR count). The first-order valence-corrected chi connectivity index (χ1v) is 10.8. The molecule has 0 fully saturated rings. The first-order valence-electron chi connectivity index (χ1n) is 10.8. The number of alkyl halides is 3. The third-order valence-electron chi connectivity index (χ3n) is 6.19. The fraction of sp³-hybridized carbons (Fsp3) is 0.0370. The number of halogens is 13. The molecule has 0 unspecified atom stereocenters. The summed E-state index contributed by atoms with van der Waals surface area (Å²) < 4.78 is 186. The van der Waals surface area contributed by atoms with Crippen LogP contribution in [-0.2, 0) is 6.18 Å². The second-order valence-electron chi connectivity index (χ2n) is 8.48. The second kappa shape index (κ2) is 9.14. The van der Waals surface area contributed by atoms with Gasteiger partial charge in [-0.1, -0.05) is 6.07 Å². The highest BCUT2D eigenvalue weighted by molar-refractivity contribution is 6.21. The zero-order valence-corrected chi connectivity index (χ0v) is 19.0. The molecule has 0 spiro atoms. The Morgan fingerprint density at radius 2 is 0.925 bits per heavy atom. The summed E-state index contributed by atoms with van der Waals surface area (Å²) in [6.45, 7) is 0. The van der Waals surface area contributed by atoms with Crippen LogP contribution in [-0.4, -0.2) is 0 Å². The Balaban J connectivity index is 2.10. The Bertz CT molecular complexity index is 1840. The molecule has 13 heteroatoms. The summed E-state index contributed by atoms with van der Waals surface area (Å²) in [7, 11) is 0. The Morgan fingerprint density at radius 3 is 1.43 bits per heavy atom. The lowest BCUT2D eigenvalue weighted by Crippen LogP contribution is -2.16. The van der Waals surface area contributed by atoms with Crippen LogP contribution in [0.25, 0.3) is 43.8 Å². The molecule has 0 heterocycles. The molecule has 0 N–H and O–H groups in total. The zero-order valence-electron chi connectivity index (χ0n) is 19.0. The van der Waals surface area contributed by atoms with Gasteiger partial charge in [0.2, 0.25) is 0 Å². The van der Waals surface area contributed by atoms with E-state index in [1.54, 1.807) is 0 Å². The summed E-state index contributed by atoms with van der Waals surface area (Å²) in [5.74, 6) is -20.9. The van der Waals surface area contributed by atoms with Gasteiger partial charge < -0.3 is 0 Å². The van der Waals surface area contributed by atoms with Crippen LogP contribution in [0.5, 0.6) is 0 Å². The monoisotopic (exact) mass is 578 g/mol. The molecule has 0 amide bonds. The summed E-state index contributed by atoms with van der Waals surface area (Å²) in [5, 5.41) is -3.68. The molecular formula is C27H7F13. The molecule has 0 aliphatic heterocycles. The van der Waals surface area contributed by atoms with E-state index in [4.69, 9.17) is 0 Å². The molecule has 0 atom stereocenters. The normalized spacial score (nSPS) is 12.1. The number of rotatable bonds is 2. The molecule has 0 saturated heterocycles. The van der Waals surface area contributed by atoms with Crippen molar-refractivity contribution in [1.82, 2.24) is 0 Å². The van der Waals surface area contributed by atoms with Crippen molar-refractivity contribution in [3.05, 3.63) is 106 Å². The molecule has 40 heavy (non-hydrogen) atoms. The van der Waals surface area contributed by atoms with E-state index in [1.807, 2.05) is 0 Å². The molecule has 5 aromatic carbocycles. The number of hydrogen-bond donors (Lipinski definition) is 0. The van der Waals surface area contributed by atoms with Crippen LogP contribution in [0.1, 0.15) is 5.56 Å². The zero-order chi connectivity index (χ0) is 29.4. The standard InChI is InChI=1S/C27H7F13/c28-9-1-2-10-11(7-9)16(8-5-14(31)22(33)15(32)6-8)18-12(29)3-4-13(30)19(18)17(10)20-23(34)25(36)21(27(38,39)40)26(37)24(20)35/h1-7H. The highest BCUT2D eigenvalue weighted by Crippen LogP contribution is 2.49. The van der Waals surface area contributed by atoms with Gasteiger partial charge in [0.05, 0.1) is 5.56 Å². The maximum Gasteiger partial charge on any atom is 0.422 e. The van der Waals surface area contributed by atoms with Gasteiger partial charge in [-0.3, -0.25) is 0 Å². The quantitative estimate of drug-likeness (QED) is 0.0847. The predicted octanol–water partition coefficient (Wildman–Crippen LogP) is 9.74. The first kappa shape index (κ1) is 27.3. The minimum Gasteiger partial charge on any atom is -0.207 e. The van der Waals surface area contributed by atoms with Gasteiger partial charge in [0.1, 0.15) is 23.0 Å². The fourth-order valence-corrected chi connectivity index (χ4v) is 4.61. The number of hydrogen-bond acceptors (Lipinski definition) is 0. The fourth-order valence-electron chi connectivity index (χ4n) is 4.61. The van der Waals surface area contributed by atoms with E-state index in [0.29, 0.717) is 42.5 Å². The lowest BCUT2D eigenvalue weighted by Gasteiger charge is -2.21. The van der Waals surface area contributed by atoms with E-state index in [2.05, 4.69) is 0 Å². The van der Waals surface area contributed by atoms with Crippen LogP contribution >= 0.6 is 0 Å². The third-order valence-corrected chi connectivity index (χ3v) is 6.19. The molecule has 0 aliphatic carbocycles. The molecule has 0 aromatic heterocycles.